The van der Waals surface area contributed by atoms with Gasteiger partial charge in [-0.15, -0.1) is 0 Å². The van der Waals surface area contributed by atoms with E-state index < -0.39 is 11.6 Å². The van der Waals surface area contributed by atoms with Gasteiger partial charge in [-0.3, -0.25) is 0 Å². The Morgan fingerprint density at radius 3 is 1.97 bits per heavy atom. The van der Waals surface area contributed by atoms with Crippen molar-refractivity contribution >= 4 is 0 Å². The van der Waals surface area contributed by atoms with Gasteiger partial charge in [-0.2, -0.15) is 0 Å². The quantitative estimate of drug-likeness (QED) is 0.385. The van der Waals surface area contributed by atoms with E-state index in [0.717, 1.165) is 29.9 Å². The molecule has 0 radical (unpaired) electrons. The van der Waals surface area contributed by atoms with E-state index in [1.54, 1.807) is 42.5 Å². The summed E-state index contributed by atoms with van der Waals surface area (Å²) in [6.45, 7) is 3.77. The molecule has 1 fully saturated rings. The summed E-state index contributed by atoms with van der Waals surface area (Å²) < 4.78 is 43.2. The lowest BCUT2D eigenvalue weighted by molar-refractivity contribution is 0.308. The first-order valence-electron chi connectivity index (χ1n) is 11.3. The normalized spacial score (nSPS) is 18.9. The molecule has 0 nitrogen and oxygen atoms in total. The molecule has 1 aliphatic carbocycles. The third kappa shape index (κ3) is 4.56. The average Bonchev–Trinajstić information content (AvgIpc) is 2.79. The third-order valence-corrected chi connectivity index (χ3v) is 6.79. The molecule has 3 heteroatoms. The second kappa shape index (κ2) is 9.30. The van der Waals surface area contributed by atoms with E-state index in [1.165, 1.54) is 32.6 Å². The van der Waals surface area contributed by atoms with Crippen LogP contribution in [0.4, 0.5) is 13.2 Å². The fraction of sp³-hybridized carbons (Fsp3) is 0.357. The monoisotopic (exact) mass is 422 g/mol. The minimum atomic E-state index is -0.850. The lowest BCUT2D eigenvalue weighted by atomic mass is 9.77. The summed E-state index contributed by atoms with van der Waals surface area (Å²) in [5, 5.41) is 0. The van der Waals surface area contributed by atoms with Crippen LogP contribution >= 0.6 is 0 Å². The summed E-state index contributed by atoms with van der Waals surface area (Å²) in [6, 6.07) is 15.7. The SMILES string of the molecule is CCCC1CCC(c2ccc(-c3ccc(-c4ccc(C)c(F)c4F)cc3)c(F)c2)CC1. The second-order valence-corrected chi connectivity index (χ2v) is 8.88. The molecule has 0 spiro atoms. The summed E-state index contributed by atoms with van der Waals surface area (Å²) in [5.74, 6) is -0.633. The molecule has 3 aromatic carbocycles. The Hall–Kier alpha value is -2.55. The molecule has 0 aromatic heterocycles. The maximum Gasteiger partial charge on any atom is 0.166 e. The van der Waals surface area contributed by atoms with Crippen LogP contribution < -0.4 is 0 Å². The van der Waals surface area contributed by atoms with Crippen molar-refractivity contribution in [1.29, 1.82) is 0 Å². The van der Waals surface area contributed by atoms with Crippen LogP contribution in [0, 0.1) is 30.3 Å². The van der Waals surface area contributed by atoms with Gasteiger partial charge in [0, 0.05) is 11.1 Å². The molecule has 0 amide bonds. The van der Waals surface area contributed by atoms with Crippen LogP contribution in [-0.2, 0) is 0 Å². The zero-order valence-corrected chi connectivity index (χ0v) is 18.2. The summed E-state index contributed by atoms with van der Waals surface area (Å²) in [4.78, 5) is 0. The van der Waals surface area contributed by atoms with E-state index in [-0.39, 0.29) is 16.9 Å². The highest BCUT2D eigenvalue weighted by Gasteiger charge is 2.22. The van der Waals surface area contributed by atoms with E-state index in [9.17, 15) is 13.2 Å². The maximum absolute atomic E-state index is 15.0. The molecule has 0 atom stereocenters. The van der Waals surface area contributed by atoms with Crippen molar-refractivity contribution in [2.75, 3.05) is 0 Å². The third-order valence-electron chi connectivity index (χ3n) is 6.79. The molecule has 0 aliphatic heterocycles. The van der Waals surface area contributed by atoms with E-state index in [0.29, 0.717) is 17.0 Å². The topological polar surface area (TPSA) is 0 Å². The fourth-order valence-corrected chi connectivity index (χ4v) is 4.91. The number of halogens is 3. The van der Waals surface area contributed by atoms with Gasteiger partial charge in [0.25, 0.3) is 0 Å². The van der Waals surface area contributed by atoms with Crippen LogP contribution in [0.25, 0.3) is 22.3 Å². The van der Waals surface area contributed by atoms with E-state index >= 15 is 0 Å². The number of hydrogen-bond donors (Lipinski definition) is 0. The smallest absolute Gasteiger partial charge is 0.166 e. The molecule has 0 saturated heterocycles. The molecule has 162 valence electrons. The van der Waals surface area contributed by atoms with Crippen molar-refractivity contribution in [1.82, 2.24) is 0 Å². The van der Waals surface area contributed by atoms with Gasteiger partial charge in [-0.05, 0) is 72.8 Å². The Balaban J connectivity index is 1.52. The number of benzene rings is 3. The highest BCUT2D eigenvalue weighted by atomic mass is 19.2. The molecular weight excluding hydrogens is 393 g/mol. The van der Waals surface area contributed by atoms with Gasteiger partial charge >= 0.3 is 0 Å². The molecule has 1 aliphatic rings. The van der Waals surface area contributed by atoms with Crippen LogP contribution in [-0.4, -0.2) is 0 Å². The van der Waals surface area contributed by atoms with Crippen molar-refractivity contribution in [3.05, 3.63) is 83.2 Å². The first kappa shape index (κ1) is 21.7. The van der Waals surface area contributed by atoms with Crippen LogP contribution in [0.2, 0.25) is 0 Å². The van der Waals surface area contributed by atoms with E-state index in [2.05, 4.69) is 6.92 Å². The van der Waals surface area contributed by atoms with Crippen molar-refractivity contribution in [3.8, 4) is 22.3 Å². The Kier molecular flexibility index (Phi) is 6.50. The number of rotatable bonds is 5. The number of aryl methyl sites for hydroxylation is 1. The predicted octanol–water partition coefficient (Wildman–Crippen LogP) is 8.82. The first-order chi connectivity index (χ1) is 15.0. The average molecular weight is 423 g/mol. The summed E-state index contributed by atoms with van der Waals surface area (Å²) >= 11 is 0. The highest BCUT2D eigenvalue weighted by Crippen LogP contribution is 2.39. The van der Waals surface area contributed by atoms with Gasteiger partial charge in [-0.25, -0.2) is 13.2 Å². The molecule has 1 saturated carbocycles. The highest BCUT2D eigenvalue weighted by molar-refractivity contribution is 5.71. The molecule has 4 rings (SSSR count). The molecule has 0 unspecified atom stereocenters. The second-order valence-electron chi connectivity index (χ2n) is 8.88. The zero-order chi connectivity index (χ0) is 22.0. The molecule has 0 N–H and O–H groups in total. The fourth-order valence-electron chi connectivity index (χ4n) is 4.91. The van der Waals surface area contributed by atoms with Gasteiger partial charge in [0.05, 0.1) is 0 Å². The Bertz CT molecular complexity index is 1040. The minimum absolute atomic E-state index is 0.212. The van der Waals surface area contributed by atoms with E-state index in [4.69, 9.17) is 0 Å². The van der Waals surface area contributed by atoms with Crippen molar-refractivity contribution < 1.29 is 13.2 Å². The summed E-state index contributed by atoms with van der Waals surface area (Å²) in [6.07, 6.45) is 7.28. The van der Waals surface area contributed by atoms with Gasteiger partial charge in [0.2, 0.25) is 0 Å². The lowest BCUT2D eigenvalue weighted by Crippen LogP contribution is -2.13. The first-order valence-corrected chi connectivity index (χ1v) is 11.3. The van der Waals surface area contributed by atoms with Gasteiger partial charge < -0.3 is 0 Å². The van der Waals surface area contributed by atoms with Gasteiger partial charge in [0.15, 0.2) is 11.6 Å². The molecule has 0 bridgehead atoms. The molecule has 3 aromatic rings. The summed E-state index contributed by atoms with van der Waals surface area (Å²) in [7, 11) is 0. The molecule has 0 heterocycles. The Labute approximate surface area is 183 Å². The Morgan fingerprint density at radius 1 is 0.742 bits per heavy atom. The lowest BCUT2D eigenvalue weighted by Gasteiger charge is -2.28. The van der Waals surface area contributed by atoms with Crippen LogP contribution in [0.3, 0.4) is 0 Å². The zero-order valence-electron chi connectivity index (χ0n) is 18.2. The van der Waals surface area contributed by atoms with Crippen LogP contribution in [0.15, 0.2) is 54.6 Å². The standard InChI is InChI=1S/C28H29F3/c1-3-4-19-6-8-20(9-7-19)23-14-16-24(26(29)17-23)21-10-12-22(13-11-21)25-15-5-18(2)27(30)28(25)31/h5,10-17,19-20H,3-4,6-9H2,1-2H3. The van der Waals surface area contributed by atoms with Crippen molar-refractivity contribution in [2.45, 2.75) is 58.3 Å². The van der Waals surface area contributed by atoms with Crippen molar-refractivity contribution in [3.63, 3.8) is 0 Å². The Morgan fingerprint density at radius 2 is 1.35 bits per heavy atom. The van der Waals surface area contributed by atoms with E-state index in [1.807, 2.05) is 12.1 Å². The van der Waals surface area contributed by atoms with Gasteiger partial charge in [0.1, 0.15) is 5.82 Å². The maximum atomic E-state index is 15.0. The predicted molar refractivity (Wildman–Crippen MR) is 122 cm³/mol. The van der Waals surface area contributed by atoms with Gasteiger partial charge in [-0.1, -0.05) is 68.3 Å². The number of hydrogen-bond acceptors (Lipinski definition) is 0. The largest absolute Gasteiger partial charge is 0.206 e. The molecule has 31 heavy (non-hydrogen) atoms. The minimum Gasteiger partial charge on any atom is -0.206 e. The summed E-state index contributed by atoms with van der Waals surface area (Å²) in [5.41, 5.74) is 3.41. The molecular formula is C28H29F3. The van der Waals surface area contributed by atoms with Crippen LogP contribution in [0.5, 0.6) is 0 Å². The van der Waals surface area contributed by atoms with Crippen molar-refractivity contribution in [2.24, 2.45) is 5.92 Å². The van der Waals surface area contributed by atoms with Crippen LogP contribution in [0.1, 0.15) is 62.5 Å².